The molecule has 166 valence electrons. The average Bonchev–Trinajstić information content (AvgIpc) is 2.73. The SMILES string of the molecule is CCCCCCCCC(CCC=CC=CC=CC=CC(=O)OCC(O)CO)OO. The highest BCUT2D eigenvalue weighted by atomic mass is 17.1. The molecule has 0 saturated heterocycles. The number of esters is 1. The van der Waals surface area contributed by atoms with E-state index in [0.717, 1.165) is 25.7 Å². The summed E-state index contributed by atoms with van der Waals surface area (Å²) in [5.41, 5.74) is 0. The van der Waals surface area contributed by atoms with Gasteiger partial charge in [-0.2, -0.15) is 0 Å². The summed E-state index contributed by atoms with van der Waals surface area (Å²) in [5, 5.41) is 26.7. The number of carbonyl (C=O) groups excluding carboxylic acids is 1. The third-order valence-corrected chi connectivity index (χ3v) is 4.24. The number of carbonyl (C=O) groups is 1. The van der Waals surface area contributed by atoms with Crippen molar-refractivity contribution in [1.29, 1.82) is 0 Å². The molecule has 0 aliphatic rings. The van der Waals surface area contributed by atoms with Crippen molar-refractivity contribution < 1.29 is 29.9 Å². The van der Waals surface area contributed by atoms with Crippen molar-refractivity contribution >= 4 is 5.97 Å². The van der Waals surface area contributed by atoms with Gasteiger partial charge in [0.2, 0.25) is 0 Å². The van der Waals surface area contributed by atoms with Gasteiger partial charge in [0.25, 0.3) is 0 Å². The standard InChI is InChI=1S/C23H38O6/c1-2-3-4-5-10-13-16-22(29-27)17-14-11-8-6-7-9-12-15-18-23(26)28-20-21(25)19-24/h6-9,11-12,15,18,21-22,24-25,27H,2-5,10,13-14,16-17,19-20H2,1H3. The molecule has 0 saturated carbocycles. The Balaban J connectivity index is 3.82. The average molecular weight is 411 g/mol. The molecule has 6 nitrogen and oxygen atoms in total. The third-order valence-electron chi connectivity index (χ3n) is 4.24. The number of allylic oxidation sites excluding steroid dienone is 7. The number of aliphatic hydroxyl groups excluding tert-OH is 2. The second-order valence-corrected chi connectivity index (χ2v) is 6.88. The first-order valence-corrected chi connectivity index (χ1v) is 10.6. The zero-order valence-corrected chi connectivity index (χ0v) is 17.6. The summed E-state index contributed by atoms with van der Waals surface area (Å²) < 4.78 is 4.71. The molecule has 0 radical (unpaired) electrons. The summed E-state index contributed by atoms with van der Waals surface area (Å²) >= 11 is 0. The summed E-state index contributed by atoms with van der Waals surface area (Å²) in [6, 6.07) is 0. The molecule has 0 aromatic carbocycles. The van der Waals surface area contributed by atoms with Crippen molar-refractivity contribution in [2.75, 3.05) is 13.2 Å². The molecule has 0 aromatic rings. The van der Waals surface area contributed by atoms with E-state index in [1.165, 1.54) is 44.3 Å². The summed E-state index contributed by atoms with van der Waals surface area (Å²) in [6.45, 7) is 1.54. The van der Waals surface area contributed by atoms with Crippen molar-refractivity contribution in [2.24, 2.45) is 0 Å². The Labute approximate surface area is 175 Å². The van der Waals surface area contributed by atoms with Gasteiger partial charge in [-0.25, -0.2) is 9.68 Å². The van der Waals surface area contributed by atoms with Crippen LogP contribution in [0.25, 0.3) is 0 Å². The molecule has 0 amide bonds. The maximum Gasteiger partial charge on any atom is 0.330 e. The van der Waals surface area contributed by atoms with Crippen LogP contribution in [0.3, 0.4) is 0 Å². The Morgan fingerprint density at radius 2 is 1.59 bits per heavy atom. The lowest BCUT2D eigenvalue weighted by molar-refractivity contribution is -0.281. The lowest BCUT2D eigenvalue weighted by atomic mass is 10.0. The Morgan fingerprint density at radius 3 is 2.28 bits per heavy atom. The van der Waals surface area contributed by atoms with E-state index in [4.69, 9.17) is 20.2 Å². The number of rotatable bonds is 18. The van der Waals surface area contributed by atoms with E-state index in [2.05, 4.69) is 11.8 Å². The largest absolute Gasteiger partial charge is 0.460 e. The molecular weight excluding hydrogens is 372 g/mol. The second-order valence-electron chi connectivity index (χ2n) is 6.88. The summed E-state index contributed by atoms with van der Waals surface area (Å²) in [6.07, 6.45) is 22.6. The quantitative estimate of drug-likeness (QED) is 0.0769. The van der Waals surface area contributed by atoms with Crippen molar-refractivity contribution in [3.63, 3.8) is 0 Å². The molecular formula is C23H38O6. The van der Waals surface area contributed by atoms with Crippen molar-refractivity contribution in [3.05, 3.63) is 48.6 Å². The van der Waals surface area contributed by atoms with Crippen LogP contribution < -0.4 is 0 Å². The first-order chi connectivity index (χ1) is 14.1. The highest BCUT2D eigenvalue weighted by molar-refractivity contribution is 5.82. The lowest BCUT2D eigenvalue weighted by Gasteiger charge is -2.11. The van der Waals surface area contributed by atoms with E-state index in [0.29, 0.717) is 0 Å². The van der Waals surface area contributed by atoms with E-state index in [9.17, 15) is 4.79 Å². The highest BCUT2D eigenvalue weighted by Gasteiger charge is 2.07. The van der Waals surface area contributed by atoms with Crippen LogP contribution in [0.1, 0.15) is 64.7 Å². The third kappa shape index (κ3) is 19.4. The van der Waals surface area contributed by atoms with E-state index in [1.54, 1.807) is 12.2 Å². The minimum Gasteiger partial charge on any atom is -0.460 e. The second kappa shape index (κ2) is 21.0. The first kappa shape index (κ1) is 27.3. The van der Waals surface area contributed by atoms with E-state index in [-0.39, 0.29) is 12.7 Å². The predicted octanol–water partition coefficient (Wildman–Crippen LogP) is 4.50. The van der Waals surface area contributed by atoms with Gasteiger partial charge in [-0.05, 0) is 19.3 Å². The van der Waals surface area contributed by atoms with Gasteiger partial charge in [0, 0.05) is 6.08 Å². The summed E-state index contributed by atoms with van der Waals surface area (Å²) in [4.78, 5) is 15.9. The zero-order valence-electron chi connectivity index (χ0n) is 17.6. The van der Waals surface area contributed by atoms with Gasteiger partial charge < -0.3 is 14.9 Å². The molecule has 2 atom stereocenters. The van der Waals surface area contributed by atoms with E-state index < -0.39 is 18.7 Å². The van der Waals surface area contributed by atoms with Gasteiger partial charge in [0.1, 0.15) is 12.7 Å². The fourth-order valence-corrected chi connectivity index (χ4v) is 2.53. The molecule has 29 heavy (non-hydrogen) atoms. The Morgan fingerprint density at radius 1 is 0.931 bits per heavy atom. The fraction of sp³-hybridized carbons (Fsp3) is 0.609. The number of hydrogen-bond donors (Lipinski definition) is 3. The van der Waals surface area contributed by atoms with E-state index >= 15 is 0 Å². The molecule has 0 spiro atoms. The van der Waals surface area contributed by atoms with Crippen LogP contribution >= 0.6 is 0 Å². The maximum absolute atomic E-state index is 11.3. The Kier molecular flexibility index (Phi) is 19.7. The molecule has 2 unspecified atom stereocenters. The van der Waals surface area contributed by atoms with Gasteiger partial charge >= 0.3 is 5.97 Å². The number of ether oxygens (including phenoxy) is 1. The number of aliphatic hydroxyl groups is 2. The molecule has 6 heteroatoms. The molecule has 0 aliphatic heterocycles. The summed E-state index contributed by atoms with van der Waals surface area (Å²) in [7, 11) is 0. The van der Waals surface area contributed by atoms with Gasteiger partial charge in [-0.3, -0.25) is 5.26 Å². The Bertz CT molecular complexity index is 496. The van der Waals surface area contributed by atoms with Crippen LogP contribution in [-0.2, 0) is 14.4 Å². The van der Waals surface area contributed by atoms with Gasteiger partial charge in [-0.15, -0.1) is 0 Å². The predicted molar refractivity (Wildman–Crippen MR) is 115 cm³/mol. The van der Waals surface area contributed by atoms with Crippen LogP contribution in [0.15, 0.2) is 48.6 Å². The topological polar surface area (TPSA) is 96.2 Å². The lowest BCUT2D eigenvalue weighted by Crippen LogP contribution is -2.21. The fourth-order valence-electron chi connectivity index (χ4n) is 2.53. The smallest absolute Gasteiger partial charge is 0.330 e. The van der Waals surface area contributed by atoms with Gasteiger partial charge in [0.05, 0.1) is 12.7 Å². The molecule has 0 rings (SSSR count). The van der Waals surface area contributed by atoms with Crippen molar-refractivity contribution in [1.82, 2.24) is 0 Å². The van der Waals surface area contributed by atoms with E-state index in [1.807, 2.05) is 24.3 Å². The van der Waals surface area contributed by atoms with Crippen molar-refractivity contribution in [2.45, 2.75) is 76.9 Å². The summed E-state index contributed by atoms with van der Waals surface area (Å²) in [5.74, 6) is -0.576. The molecule has 0 aromatic heterocycles. The molecule has 3 N–H and O–H groups in total. The first-order valence-electron chi connectivity index (χ1n) is 10.6. The number of hydrogen-bond acceptors (Lipinski definition) is 6. The zero-order chi connectivity index (χ0) is 21.6. The monoisotopic (exact) mass is 410 g/mol. The minimum atomic E-state index is -1.05. The highest BCUT2D eigenvalue weighted by Crippen LogP contribution is 2.13. The van der Waals surface area contributed by atoms with Crippen LogP contribution in [0.2, 0.25) is 0 Å². The molecule has 0 heterocycles. The molecule has 0 fully saturated rings. The Hall–Kier alpha value is -1.73. The maximum atomic E-state index is 11.3. The minimum absolute atomic E-state index is 0.0990. The van der Waals surface area contributed by atoms with Gasteiger partial charge in [-0.1, -0.05) is 88.0 Å². The molecule has 0 bridgehead atoms. The number of unbranched alkanes of at least 4 members (excludes halogenated alkanes) is 5. The molecule has 0 aliphatic carbocycles. The normalized spacial score (nSPS) is 14.5. The van der Waals surface area contributed by atoms with Gasteiger partial charge in [0.15, 0.2) is 0 Å². The van der Waals surface area contributed by atoms with Crippen LogP contribution in [0.5, 0.6) is 0 Å². The van der Waals surface area contributed by atoms with Crippen LogP contribution in [0.4, 0.5) is 0 Å². The van der Waals surface area contributed by atoms with Crippen LogP contribution in [0, 0.1) is 0 Å². The van der Waals surface area contributed by atoms with Crippen molar-refractivity contribution in [3.8, 4) is 0 Å². The van der Waals surface area contributed by atoms with Crippen LogP contribution in [-0.4, -0.2) is 46.9 Å².